The predicted molar refractivity (Wildman–Crippen MR) is 90.0 cm³/mol. The number of pyridine rings is 1. The summed E-state index contributed by atoms with van der Waals surface area (Å²) in [7, 11) is 1.41. The van der Waals surface area contributed by atoms with Gasteiger partial charge >= 0.3 is 6.18 Å². The lowest BCUT2D eigenvalue weighted by Gasteiger charge is -2.25. The van der Waals surface area contributed by atoms with E-state index in [0.717, 1.165) is 6.07 Å². The smallest absolute Gasteiger partial charge is 0.337 e. The van der Waals surface area contributed by atoms with Crippen LogP contribution in [0.1, 0.15) is 24.1 Å². The summed E-state index contributed by atoms with van der Waals surface area (Å²) in [4.78, 5) is 35.7. The predicted octanol–water partition coefficient (Wildman–Crippen LogP) is 2.99. The average molecular weight is 383 g/mol. The highest BCUT2D eigenvalue weighted by atomic mass is 19.4. The number of carbonyl (C=O) groups excluding carboxylic acids is 1. The van der Waals surface area contributed by atoms with Gasteiger partial charge in [-0.15, -0.1) is 0 Å². The Morgan fingerprint density at radius 3 is 2.56 bits per heavy atom. The second-order valence-corrected chi connectivity index (χ2v) is 5.91. The van der Waals surface area contributed by atoms with E-state index in [2.05, 4.69) is 0 Å². The molecule has 27 heavy (non-hydrogen) atoms. The molecule has 10 heteroatoms. The lowest BCUT2D eigenvalue weighted by molar-refractivity contribution is -0.384. The second-order valence-electron chi connectivity index (χ2n) is 5.91. The van der Waals surface area contributed by atoms with E-state index in [1.165, 1.54) is 30.1 Å². The molecule has 0 aliphatic heterocycles. The minimum absolute atomic E-state index is 0.144. The van der Waals surface area contributed by atoms with Crippen LogP contribution in [0.15, 0.2) is 47.4 Å². The van der Waals surface area contributed by atoms with Crippen molar-refractivity contribution in [2.75, 3.05) is 7.05 Å². The van der Waals surface area contributed by atoms with Crippen molar-refractivity contribution in [3.05, 3.63) is 74.2 Å². The van der Waals surface area contributed by atoms with Crippen molar-refractivity contribution >= 4 is 11.6 Å². The van der Waals surface area contributed by atoms with Crippen molar-refractivity contribution in [2.45, 2.75) is 25.7 Å². The number of hydrogen-bond acceptors (Lipinski definition) is 4. The number of likely N-dealkylation sites (N-methyl/N-ethyl adjacent to an activating group) is 1. The third-order valence-electron chi connectivity index (χ3n) is 4.15. The van der Waals surface area contributed by atoms with Crippen LogP contribution in [-0.4, -0.2) is 27.3 Å². The number of non-ortho nitro benzene ring substituents is 1. The highest BCUT2D eigenvalue weighted by Gasteiger charge is 2.31. The fourth-order valence-electron chi connectivity index (χ4n) is 2.42. The first-order chi connectivity index (χ1) is 12.5. The first-order valence-electron chi connectivity index (χ1n) is 7.78. The fourth-order valence-corrected chi connectivity index (χ4v) is 2.42. The number of nitro benzene ring substituents is 1. The topological polar surface area (TPSA) is 85.4 Å². The molecule has 2 rings (SSSR count). The van der Waals surface area contributed by atoms with Gasteiger partial charge in [-0.3, -0.25) is 19.7 Å². The zero-order valence-corrected chi connectivity index (χ0v) is 14.4. The molecule has 0 unspecified atom stereocenters. The van der Waals surface area contributed by atoms with Crippen LogP contribution < -0.4 is 5.56 Å². The number of halogens is 3. The van der Waals surface area contributed by atoms with Gasteiger partial charge in [0.15, 0.2) is 0 Å². The number of carbonyl (C=O) groups is 1. The van der Waals surface area contributed by atoms with E-state index in [0.29, 0.717) is 22.4 Å². The van der Waals surface area contributed by atoms with Crippen LogP contribution >= 0.6 is 0 Å². The zero-order chi connectivity index (χ0) is 20.4. The maximum absolute atomic E-state index is 12.8. The molecule has 0 aliphatic rings. The molecule has 1 amide bonds. The first-order valence-corrected chi connectivity index (χ1v) is 7.78. The number of alkyl halides is 3. The van der Waals surface area contributed by atoms with E-state index in [-0.39, 0.29) is 5.69 Å². The zero-order valence-electron chi connectivity index (χ0n) is 14.4. The van der Waals surface area contributed by atoms with Crippen molar-refractivity contribution in [1.29, 1.82) is 0 Å². The van der Waals surface area contributed by atoms with E-state index in [1.54, 1.807) is 13.0 Å². The number of hydrogen-bond donors (Lipinski definition) is 0. The first kappa shape index (κ1) is 20.1. The van der Waals surface area contributed by atoms with E-state index in [4.69, 9.17) is 0 Å². The summed E-state index contributed by atoms with van der Waals surface area (Å²) in [6.07, 6.45) is -4.05. The van der Waals surface area contributed by atoms with Crippen molar-refractivity contribution in [2.24, 2.45) is 0 Å². The van der Waals surface area contributed by atoms with Gasteiger partial charge in [-0.2, -0.15) is 13.2 Å². The fraction of sp³-hybridized carbons (Fsp3) is 0.294. The van der Waals surface area contributed by atoms with E-state index in [1.807, 2.05) is 0 Å². The molecular weight excluding hydrogens is 367 g/mol. The average Bonchev–Trinajstić information content (AvgIpc) is 2.61. The van der Waals surface area contributed by atoms with Gasteiger partial charge < -0.3 is 9.47 Å². The lowest BCUT2D eigenvalue weighted by atomic mass is 10.1. The maximum atomic E-state index is 12.8. The molecule has 0 aliphatic carbocycles. The molecule has 0 saturated heterocycles. The molecule has 1 aromatic carbocycles. The minimum Gasteiger partial charge on any atom is -0.337 e. The van der Waals surface area contributed by atoms with E-state index in [9.17, 15) is 32.9 Å². The van der Waals surface area contributed by atoms with Gasteiger partial charge in [0.2, 0.25) is 5.91 Å². The van der Waals surface area contributed by atoms with Crippen LogP contribution in [0.5, 0.6) is 0 Å². The second kappa shape index (κ2) is 7.60. The van der Waals surface area contributed by atoms with Gasteiger partial charge in [0.05, 0.1) is 16.5 Å². The van der Waals surface area contributed by atoms with Gasteiger partial charge in [-0.25, -0.2) is 0 Å². The summed E-state index contributed by atoms with van der Waals surface area (Å²) in [5.74, 6) is -0.615. The molecule has 0 spiro atoms. The quantitative estimate of drug-likeness (QED) is 0.587. The third kappa shape index (κ3) is 4.72. The molecule has 2 aromatic rings. The van der Waals surface area contributed by atoms with E-state index >= 15 is 0 Å². The Balaban J connectivity index is 2.22. The molecule has 1 heterocycles. The Morgan fingerprint density at radius 2 is 1.96 bits per heavy atom. The monoisotopic (exact) mass is 383 g/mol. The maximum Gasteiger partial charge on any atom is 0.417 e. The van der Waals surface area contributed by atoms with Crippen molar-refractivity contribution < 1.29 is 22.9 Å². The van der Waals surface area contributed by atoms with Crippen LogP contribution in [0.25, 0.3) is 0 Å². The highest BCUT2D eigenvalue weighted by molar-refractivity contribution is 5.76. The molecular formula is C17H16F3N3O4. The van der Waals surface area contributed by atoms with Gasteiger partial charge in [0, 0.05) is 31.4 Å². The van der Waals surface area contributed by atoms with Gasteiger partial charge in [-0.05, 0) is 18.6 Å². The molecule has 0 radical (unpaired) electrons. The number of rotatable bonds is 5. The summed E-state index contributed by atoms with van der Waals surface area (Å²) in [6, 6.07) is 6.50. The van der Waals surface area contributed by atoms with Crippen molar-refractivity contribution in [3.63, 3.8) is 0 Å². The summed E-state index contributed by atoms with van der Waals surface area (Å²) < 4.78 is 39.0. The Hall–Kier alpha value is -3.17. The van der Waals surface area contributed by atoms with Crippen LogP contribution in [0.3, 0.4) is 0 Å². The Bertz CT molecular complexity index is 924. The lowest BCUT2D eigenvalue weighted by Crippen LogP contribution is -2.35. The van der Waals surface area contributed by atoms with Crippen molar-refractivity contribution in [1.82, 2.24) is 9.47 Å². The van der Waals surface area contributed by atoms with E-state index < -0.39 is 40.7 Å². The number of nitro groups is 1. The number of nitrogens with zero attached hydrogens (tertiary/aromatic N) is 3. The van der Waals surface area contributed by atoms with Crippen LogP contribution in [-0.2, 0) is 17.5 Å². The largest absolute Gasteiger partial charge is 0.417 e. The van der Waals surface area contributed by atoms with Crippen LogP contribution in [0, 0.1) is 10.1 Å². The van der Waals surface area contributed by atoms with Gasteiger partial charge in [0.1, 0.15) is 6.54 Å². The SMILES string of the molecule is C[C@H](c1cccc([N+](=O)[O-])c1)N(C)C(=O)Cn1cc(C(F)(F)F)ccc1=O. The molecule has 0 N–H and O–H groups in total. The standard InChI is InChI=1S/C17H16F3N3O4/c1-11(12-4-3-5-14(8-12)23(26)27)21(2)16(25)10-22-9-13(17(18,19)20)6-7-15(22)24/h3-9,11H,10H2,1-2H3/t11-/m1/s1. The Labute approximate surface area is 151 Å². The number of aromatic nitrogens is 1. The Morgan fingerprint density at radius 1 is 1.30 bits per heavy atom. The third-order valence-corrected chi connectivity index (χ3v) is 4.15. The molecule has 1 aromatic heterocycles. The summed E-state index contributed by atoms with van der Waals surface area (Å²) in [5, 5.41) is 10.9. The van der Waals surface area contributed by atoms with Crippen LogP contribution in [0.2, 0.25) is 0 Å². The minimum atomic E-state index is -4.64. The summed E-state index contributed by atoms with van der Waals surface area (Å²) in [5.41, 5.74) is -1.44. The molecule has 7 nitrogen and oxygen atoms in total. The molecule has 0 fully saturated rings. The normalized spacial score (nSPS) is 12.5. The summed E-state index contributed by atoms with van der Waals surface area (Å²) in [6.45, 7) is 1.03. The molecule has 1 atom stereocenters. The summed E-state index contributed by atoms with van der Waals surface area (Å²) >= 11 is 0. The molecule has 0 bridgehead atoms. The molecule has 0 saturated carbocycles. The number of amides is 1. The Kier molecular flexibility index (Phi) is 5.67. The van der Waals surface area contributed by atoms with Gasteiger partial charge in [-0.1, -0.05) is 12.1 Å². The van der Waals surface area contributed by atoms with Crippen molar-refractivity contribution in [3.8, 4) is 0 Å². The number of benzene rings is 1. The van der Waals surface area contributed by atoms with Crippen LogP contribution in [0.4, 0.5) is 18.9 Å². The van der Waals surface area contributed by atoms with Gasteiger partial charge in [0.25, 0.3) is 11.2 Å². The molecule has 144 valence electrons. The highest BCUT2D eigenvalue weighted by Crippen LogP contribution is 2.28.